The maximum atomic E-state index is 15.3. The number of para-hydroxylation sites is 1. The van der Waals surface area contributed by atoms with E-state index in [4.69, 9.17) is 32.7 Å². The molecule has 2 aromatic heterocycles. The van der Waals surface area contributed by atoms with Gasteiger partial charge in [-0.15, -0.1) is 23.2 Å². The van der Waals surface area contributed by atoms with Crippen LogP contribution in [-0.2, 0) is 36.1 Å². The first-order chi connectivity index (χ1) is 27.4. The molecule has 4 atom stereocenters. The maximum Gasteiger partial charge on any atom is 0.347 e. The molecule has 14 nitrogen and oxygen atoms in total. The summed E-state index contributed by atoms with van der Waals surface area (Å²) in [4.78, 5) is 68.7. The summed E-state index contributed by atoms with van der Waals surface area (Å²) in [6, 6.07) is 6.99. The molecule has 1 aliphatic carbocycles. The minimum absolute atomic E-state index is 0.0197. The lowest BCUT2D eigenvalue weighted by Crippen LogP contribution is -2.59. The molecule has 4 unspecified atom stereocenters. The highest BCUT2D eigenvalue weighted by molar-refractivity contribution is 6.58. The van der Waals surface area contributed by atoms with Gasteiger partial charge in [-0.25, -0.2) is 55.4 Å². The summed E-state index contributed by atoms with van der Waals surface area (Å²) in [6.45, 7) is -0.728. The summed E-state index contributed by atoms with van der Waals surface area (Å²) < 4.78 is 88.3. The third kappa shape index (κ3) is 5.01. The van der Waals surface area contributed by atoms with Gasteiger partial charge < -0.3 is 19.1 Å². The number of phenols is 1. The zero-order valence-electron chi connectivity index (χ0n) is 30.2. The molecule has 1 saturated carbocycles. The van der Waals surface area contributed by atoms with E-state index in [0.717, 1.165) is 13.9 Å². The van der Waals surface area contributed by atoms with Crippen LogP contribution in [0.1, 0.15) is 29.6 Å². The Balaban J connectivity index is 1.25. The SMILES string of the molecule is COc1cc2nc(CCn3c(=O)n4n(c3=O)C3CC5(Cl)C(=O)N(c6c(F)c(F)c(F)c(F)c6F)C(=O)C5(Cl)C(c5ccccc5O)C3=CC4)c(=O)n(C)c2cc1OC. The molecule has 58 heavy (non-hydrogen) atoms. The van der Waals surface area contributed by atoms with Crippen molar-refractivity contribution in [2.75, 3.05) is 19.1 Å². The Bertz CT molecular complexity index is 2860. The molecule has 21 heteroatoms. The molecule has 2 amide bonds. The number of hydrogen-bond acceptors (Lipinski definition) is 9. The van der Waals surface area contributed by atoms with Gasteiger partial charge in [0.05, 0.1) is 37.8 Å². The average molecular weight is 850 g/mol. The van der Waals surface area contributed by atoms with Gasteiger partial charge in [0, 0.05) is 50.0 Å². The van der Waals surface area contributed by atoms with E-state index in [9.17, 15) is 42.3 Å². The topological polar surface area (TPSA) is 160 Å². The van der Waals surface area contributed by atoms with Crippen molar-refractivity contribution in [2.24, 2.45) is 7.05 Å². The Kier molecular flexibility index (Phi) is 8.92. The number of nitrogens with zero attached hydrogens (tertiary/aromatic N) is 6. The van der Waals surface area contributed by atoms with Crippen LogP contribution >= 0.6 is 23.2 Å². The van der Waals surface area contributed by atoms with Crippen LogP contribution in [0.4, 0.5) is 27.6 Å². The normalized spacial score (nSPS) is 22.5. The van der Waals surface area contributed by atoms with E-state index in [1.54, 1.807) is 12.1 Å². The fourth-order valence-corrected chi connectivity index (χ4v) is 9.14. The summed E-state index contributed by atoms with van der Waals surface area (Å²) >= 11 is 14.2. The fourth-order valence-electron chi connectivity index (χ4n) is 8.23. The van der Waals surface area contributed by atoms with Crippen LogP contribution < -0.4 is 31.3 Å². The van der Waals surface area contributed by atoms with Gasteiger partial charge in [0.2, 0.25) is 5.82 Å². The number of anilines is 1. The summed E-state index contributed by atoms with van der Waals surface area (Å²) in [7, 11) is 4.34. The zero-order chi connectivity index (χ0) is 41.9. The minimum Gasteiger partial charge on any atom is -0.508 e. The van der Waals surface area contributed by atoms with E-state index >= 15 is 8.78 Å². The molecule has 4 heterocycles. The van der Waals surface area contributed by atoms with Gasteiger partial charge in [-0.1, -0.05) is 24.3 Å². The number of rotatable bonds is 7. The van der Waals surface area contributed by atoms with Crippen molar-refractivity contribution in [1.29, 1.82) is 0 Å². The zero-order valence-corrected chi connectivity index (χ0v) is 31.7. The molecule has 0 bridgehead atoms. The quantitative estimate of drug-likeness (QED) is 0.0640. The van der Waals surface area contributed by atoms with E-state index in [-0.39, 0.29) is 41.2 Å². The molecular weight excluding hydrogens is 822 g/mol. The number of carbonyl (C=O) groups excluding carboxylic acids is 2. The van der Waals surface area contributed by atoms with Gasteiger partial charge >= 0.3 is 11.4 Å². The number of alkyl halides is 2. The number of ether oxygens (including phenoxy) is 2. The fraction of sp³-hybridized carbons (Fsp3) is 0.297. The van der Waals surface area contributed by atoms with Crippen molar-refractivity contribution in [3.8, 4) is 17.2 Å². The Labute approximate surface area is 331 Å². The van der Waals surface area contributed by atoms with E-state index < -0.39 is 97.4 Å². The summed E-state index contributed by atoms with van der Waals surface area (Å²) in [5.74, 6) is -17.4. The Morgan fingerprint density at radius 2 is 1.50 bits per heavy atom. The van der Waals surface area contributed by atoms with Crippen LogP contribution in [0, 0.1) is 29.1 Å². The number of aryl methyl sites for hydroxylation is 2. The molecule has 1 N–H and O–H groups in total. The third-order valence-corrected chi connectivity index (χ3v) is 12.4. The second-order valence-electron chi connectivity index (χ2n) is 13.8. The number of allylic oxidation sites excluding steroid dienone is 2. The van der Waals surface area contributed by atoms with E-state index in [1.165, 1.54) is 56.2 Å². The maximum absolute atomic E-state index is 15.3. The van der Waals surface area contributed by atoms with E-state index in [0.29, 0.717) is 22.5 Å². The van der Waals surface area contributed by atoms with Crippen molar-refractivity contribution in [2.45, 2.75) is 47.6 Å². The van der Waals surface area contributed by atoms with Crippen LogP contribution in [0.2, 0.25) is 0 Å². The molecule has 302 valence electrons. The predicted octanol–water partition coefficient (Wildman–Crippen LogP) is 3.92. The van der Waals surface area contributed by atoms with Gasteiger partial charge in [0.25, 0.3) is 17.4 Å². The minimum atomic E-state index is -2.82. The molecule has 2 fully saturated rings. The van der Waals surface area contributed by atoms with Gasteiger partial charge in [-0.05, 0) is 11.6 Å². The number of aromatic hydroxyl groups is 1. The summed E-state index contributed by atoms with van der Waals surface area (Å²) in [5, 5.41) is 11.1. The lowest BCUT2D eigenvalue weighted by Gasteiger charge is -2.49. The molecule has 0 radical (unpaired) electrons. The molecule has 3 aliphatic rings. The van der Waals surface area contributed by atoms with Crippen LogP contribution in [0.3, 0.4) is 0 Å². The molecule has 2 aliphatic heterocycles. The molecular formula is C37H27Cl2F5N6O8. The first kappa shape index (κ1) is 38.9. The standard InChI is InChI=1S/C37H27Cl2F5N6O8/c1-46-19-13-23(58-3)22(57-2)12-18(19)45-17(31(46)52)9-10-47-34(55)48-11-8-15-20(50(48)35(47)56)14-36(38)32(53)49(30-28(43)26(41)25(40)27(42)29(30)44)33(54)37(36,39)24(15)16-6-4-5-7-21(16)51/h4-8,12-13,20,24,51H,9-11,14H2,1-3H3. The van der Waals surface area contributed by atoms with Crippen LogP contribution in [0.25, 0.3) is 11.0 Å². The number of methoxy groups -OCH3 is 2. The highest BCUT2D eigenvalue weighted by Gasteiger charge is 2.76. The molecule has 3 aromatic carbocycles. The van der Waals surface area contributed by atoms with Gasteiger partial charge in [0.1, 0.15) is 17.1 Å². The van der Waals surface area contributed by atoms with Crippen molar-refractivity contribution >= 4 is 51.7 Å². The Hall–Kier alpha value is -5.95. The third-order valence-electron chi connectivity index (χ3n) is 11.0. The van der Waals surface area contributed by atoms with Gasteiger partial charge in [0.15, 0.2) is 44.5 Å². The van der Waals surface area contributed by atoms with Crippen molar-refractivity contribution in [3.05, 3.63) is 120 Å². The number of hydrogen-bond donors (Lipinski definition) is 1. The lowest BCUT2D eigenvalue weighted by atomic mass is 9.64. The number of halogens is 7. The number of aromatic nitrogens is 5. The number of imide groups is 1. The Morgan fingerprint density at radius 3 is 2.14 bits per heavy atom. The van der Waals surface area contributed by atoms with Crippen LogP contribution in [0.15, 0.2) is 62.4 Å². The molecule has 5 aromatic rings. The largest absolute Gasteiger partial charge is 0.508 e. The van der Waals surface area contributed by atoms with Gasteiger partial charge in [-0.2, -0.15) is 0 Å². The van der Waals surface area contributed by atoms with Gasteiger partial charge in [-0.3, -0.25) is 14.4 Å². The molecule has 1 saturated heterocycles. The van der Waals surface area contributed by atoms with E-state index in [1.807, 2.05) is 0 Å². The second kappa shape index (κ2) is 13.3. The highest BCUT2D eigenvalue weighted by atomic mass is 35.5. The average Bonchev–Trinajstić information content (AvgIpc) is 3.54. The smallest absolute Gasteiger partial charge is 0.347 e. The van der Waals surface area contributed by atoms with Crippen molar-refractivity contribution < 1.29 is 46.1 Å². The summed E-state index contributed by atoms with van der Waals surface area (Å²) in [6.07, 6.45) is 0.343. The predicted molar refractivity (Wildman–Crippen MR) is 195 cm³/mol. The first-order valence-electron chi connectivity index (χ1n) is 17.2. The number of benzene rings is 3. The monoisotopic (exact) mass is 848 g/mol. The van der Waals surface area contributed by atoms with Crippen molar-refractivity contribution in [3.63, 3.8) is 0 Å². The number of carbonyl (C=O) groups is 2. The molecule has 0 spiro atoms. The second-order valence-corrected chi connectivity index (χ2v) is 15.0. The summed E-state index contributed by atoms with van der Waals surface area (Å²) in [5.41, 5.74) is -3.69. The van der Waals surface area contributed by atoms with Crippen LogP contribution in [-0.4, -0.2) is 64.4 Å². The molecule has 8 rings (SSSR count). The van der Waals surface area contributed by atoms with E-state index in [2.05, 4.69) is 4.98 Å². The van der Waals surface area contributed by atoms with Crippen LogP contribution in [0.5, 0.6) is 17.2 Å². The number of amides is 2. The number of phenolic OH excluding ortho intramolecular Hbond substituents is 1. The first-order valence-corrected chi connectivity index (χ1v) is 18.0. The number of fused-ring (bicyclic) bond motifs is 5. The highest BCUT2D eigenvalue weighted by Crippen LogP contribution is 2.64. The van der Waals surface area contributed by atoms with Crippen molar-refractivity contribution in [1.82, 2.24) is 23.5 Å². The lowest BCUT2D eigenvalue weighted by molar-refractivity contribution is -0.122. The Morgan fingerprint density at radius 1 is 0.879 bits per heavy atom.